The number of para-hydroxylation sites is 1. The Bertz CT molecular complexity index is 1520. The Morgan fingerprint density at radius 2 is 2.12 bits per heavy atom. The molecule has 2 aromatic carbocycles. The molecule has 5 aromatic rings. The third kappa shape index (κ3) is 3.93. The smallest absolute Gasteiger partial charge is 0.272 e. The van der Waals surface area contributed by atoms with Gasteiger partial charge in [0.1, 0.15) is 18.1 Å². The Labute approximate surface area is 193 Å². The van der Waals surface area contributed by atoms with Crippen LogP contribution in [0.1, 0.15) is 21.6 Å². The van der Waals surface area contributed by atoms with Gasteiger partial charge in [-0.3, -0.25) is 9.78 Å². The summed E-state index contributed by atoms with van der Waals surface area (Å²) in [6, 6.07) is 18.3. The van der Waals surface area contributed by atoms with Crippen LogP contribution in [0, 0.1) is 11.3 Å². The van der Waals surface area contributed by atoms with Crippen LogP contribution in [-0.2, 0) is 13.7 Å². The number of carbonyl (C=O) groups excluding carboxylic acids is 1. The van der Waals surface area contributed by atoms with Gasteiger partial charge in [0, 0.05) is 36.0 Å². The summed E-state index contributed by atoms with van der Waals surface area (Å²) in [6.07, 6.45) is 3.47. The van der Waals surface area contributed by atoms with Gasteiger partial charge < -0.3 is 14.6 Å². The van der Waals surface area contributed by atoms with Crippen molar-refractivity contribution in [3.63, 3.8) is 0 Å². The van der Waals surface area contributed by atoms with E-state index in [9.17, 15) is 10.1 Å². The Kier molecular flexibility index (Phi) is 5.42. The number of aryl methyl sites for hydroxylation is 1. The second-order valence-electron chi connectivity index (χ2n) is 7.51. The van der Waals surface area contributed by atoms with E-state index in [0.29, 0.717) is 40.7 Å². The molecule has 3 aromatic heterocycles. The number of benzene rings is 2. The largest absolute Gasteiger partial charge is 0.487 e. The number of hydrogen-bond acceptors (Lipinski definition) is 7. The summed E-state index contributed by atoms with van der Waals surface area (Å²) in [7, 11) is 1.81. The van der Waals surface area contributed by atoms with Gasteiger partial charge in [-0.25, -0.2) is 5.10 Å². The molecule has 0 aliphatic rings. The van der Waals surface area contributed by atoms with Crippen LogP contribution in [0.2, 0.25) is 0 Å². The number of aromatic nitrogens is 6. The fraction of sp³-hybridized carbons (Fsp3) is 0.0833. The Morgan fingerprint density at radius 1 is 1.21 bits per heavy atom. The molecule has 0 fully saturated rings. The molecule has 1 amide bonds. The number of pyridine rings is 1. The highest BCUT2D eigenvalue weighted by Gasteiger charge is 2.19. The van der Waals surface area contributed by atoms with Crippen molar-refractivity contribution in [2.45, 2.75) is 6.61 Å². The first-order chi connectivity index (χ1) is 16.6. The monoisotopic (exact) mass is 450 g/mol. The van der Waals surface area contributed by atoms with Crippen molar-refractivity contribution in [3.05, 3.63) is 83.8 Å². The van der Waals surface area contributed by atoms with Gasteiger partial charge in [0.25, 0.3) is 5.91 Å². The summed E-state index contributed by atoms with van der Waals surface area (Å²) in [5.74, 6) is 0.681. The van der Waals surface area contributed by atoms with Crippen LogP contribution in [0.4, 0.5) is 5.69 Å². The van der Waals surface area contributed by atoms with Crippen molar-refractivity contribution in [3.8, 4) is 23.2 Å². The van der Waals surface area contributed by atoms with Crippen molar-refractivity contribution in [2.24, 2.45) is 7.05 Å². The van der Waals surface area contributed by atoms with E-state index in [1.165, 1.54) is 0 Å². The lowest BCUT2D eigenvalue weighted by Gasteiger charge is -2.12. The quantitative estimate of drug-likeness (QED) is 0.404. The highest BCUT2D eigenvalue weighted by Crippen LogP contribution is 2.31. The molecule has 0 bridgehead atoms. The van der Waals surface area contributed by atoms with Crippen molar-refractivity contribution in [1.29, 1.82) is 5.26 Å². The molecule has 34 heavy (non-hydrogen) atoms. The van der Waals surface area contributed by atoms with E-state index in [2.05, 4.69) is 37.0 Å². The molecule has 3 heterocycles. The summed E-state index contributed by atoms with van der Waals surface area (Å²) in [6.45, 7) is 0.361. The van der Waals surface area contributed by atoms with Gasteiger partial charge in [-0.05, 0) is 46.8 Å². The van der Waals surface area contributed by atoms with Gasteiger partial charge in [-0.1, -0.05) is 18.2 Å². The average Bonchev–Trinajstić information content (AvgIpc) is 3.52. The van der Waals surface area contributed by atoms with Crippen molar-refractivity contribution < 1.29 is 9.53 Å². The molecule has 0 aliphatic carbocycles. The van der Waals surface area contributed by atoms with Crippen molar-refractivity contribution >= 4 is 22.5 Å². The number of carbonyl (C=O) groups is 1. The maximum Gasteiger partial charge on any atom is 0.272 e. The van der Waals surface area contributed by atoms with E-state index in [-0.39, 0.29) is 5.91 Å². The third-order valence-corrected chi connectivity index (χ3v) is 5.37. The molecule has 10 heteroatoms. The number of aromatic amines is 1. The number of tetrazole rings is 1. The maximum absolute atomic E-state index is 13.3. The molecule has 0 saturated heterocycles. The molecule has 0 spiro atoms. The van der Waals surface area contributed by atoms with Gasteiger partial charge in [-0.2, -0.15) is 5.26 Å². The number of fused-ring (bicyclic) bond motifs is 1. The molecule has 0 aliphatic heterocycles. The highest BCUT2D eigenvalue weighted by molar-refractivity contribution is 6.08. The Morgan fingerprint density at radius 3 is 2.88 bits per heavy atom. The second kappa shape index (κ2) is 8.84. The SMILES string of the molecule is Cn1c(C(=O)Nc2ccc(C#N)cc2-c2nnn[nH]2)cc2cccc(OCc3cccnc3)c21. The topological polar surface area (TPSA) is 134 Å². The molecule has 166 valence electrons. The van der Waals surface area contributed by atoms with Gasteiger partial charge >= 0.3 is 0 Å². The van der Waals surface area contributed by atoms with Gasteiger partial charge in [0.2, 0.25) is 0 Å². The third-order valence-electron chi connectivity index (χ3n) is 5.37. The fourth-order valence-electron chi connectivity index (χ4n) is 3.74. The predicted molar refractivity (Wildman–Crippen MR) is 124 cm³/mol. The molecule has 10 nitrogen and oxygen atoms in total. The standard InChI is InChI=1S/C24H18N8O2/c1-32-20(11-17-5-2-6-21(22(17)32)34-14-16-4-3-9-26-13-16)24(33)27-19-8-7-15(12-25)10-18(19)23-28-30-31-29-23/h2-11,13H,14H2,1H3,(H,27,33)(H,28,29,30,31). The summed E-state index contributed by atoms with van der Waals surface area (Å²) >= 11 is 0. The number of rotatable bonds is 6. The minimum absolute atomic E-state index is 0.324. The highest BCUT2D eigenvalue weighted by atomic mass is 16.5. The van der Waals surface area contributed by atoms with Crippen LogP contribution < -0.4 is 10.1 Å². The number of nitrogens with zero attached hydrogens (tertiary/aromatic N) is 6. The number of nitrogens with one attached hydrogen (secondary N) is 2. The number of anilines is 1. The van der Waals surface area contributed by atoms with Crippen molar-refractivity contribution in [1.82, 2.24) is 30.2 Å². The number of ether oxygens (including phenoxy) is 1. The van der Waals surface area contributed by atoms with E-state index in [0.717, 1.165) is 16.5 Å². The van der Waals surface area contributed by atoms with Crippen LogP contribution >= 0.6 is 0 Å². The van der Waals surface area contributed by atoms with Crippen LogP contribution in [0.25, 0.3) is 22.3 Å². The number of hydrogen-bond donors (Lipinski definition) is 2. The lowest BCUT2D eigenvalue weighted by Crippen LogP contribution is -2.16. The molecular weight excluding hydrogens is 432 g/mol. The minimum Gasteiger partial charge on any atom is -0.487 e. The summed E-state index contributed by atoms with van der Waals surface area (Å²) in [4.78, 5) is 17.4. The molecule has 2 N–H and O–H groups in total. The first kappa shape index (κ1) is 20.8. The number of amides is 1. The molecule has 5 rings (SSSR count). The first-order valence-electron chi connectivity index (χ1n) is 10.3. The first-order valence-corrected chi connectivity index (χ1v) is 10.3. The molecular formula is C24H18N8O2. The summed E-state index contributed by atoms with van der Waals surface area (Å²) < 4.78 is 7.84. The predicted octanol–water partition coefficient (Wildman–Crippen LogP) is 3.46. The van der Waals surface area contributed by atoms with Gasteiger partial charge in [0.05, 0.1) is 22.8 Å². The van der Waals surface area contributed by atoms with E-state index in [1.54, 1.807) is 41.2 Å². The lowest BCUT2D eigenvalue weighted by molar-refractivity contribution is 0.102. The number of H-pyrrole nitrogens is 1. The zero-order chi connectivity index (χ0) is 23.5. The van der Waals surface area contributed by atoms with E-state index in [1.807, 2.05) is 37.4 Å². The van der Waals surface area contributed by atoms with E-state index >= 15 is 0 Å². The van der Waals surface area contributed by atoms with Gasteiger partial charge in [0.15, 0.2) is 5.82 Å². The normalized spacial score (nSPS) is 10.7. The fourth-order valence-corrected chi connectivity index (χ4v) is 3.74. The maximum atomic E-state index is 13.3. The average molecular weight is 450 g/mol. The number of nitriles is 1. The van der Waals surface area contributed by atoms with E-state index in [4.69, 9.17) is 4.74 Å². The zero-order valence-corrected chi connectivity index (χ0v) is 18.1. The van der Waals surface area contributed by atoms with Crippen LogP contribution in [0.5, 0.6) is 5.75 Å². The zero-order valence-electron chi connectivity index (χ0n) is 18.1. The molecule has 0 unspecified atom stereocenters. The van der Waals surface area contributed by atoms with Crippen LogP contribution in [0.3, 0.4) is 0 Å². The molecule has 0 atom stereocenters. The summed E-state index contributed by atoms with van der Waals surface area (Å²) in [5.41, 5.74) is 3.60. The molecule has 0 saturated carbocycles. The second-order valence-corrected chi connectivity index (χ2v) is 7.51. The van der Waals surface area contributed by atoms with Crippen LogP contribution in [0.15, 0.2) is 67.0 Å². The van der Waals surface area contributed by atoms with Gasteiger partial charge in [-0.15, -0.1) is 5.10 Å². The Hall–Kier alpha value is -5.04. The lowest BCUT2D eigenvalue weighted by atomic mass is 10.1. The molecule has 0 radical (unpaired) electrons. The minimum atomic E-state index is -0.324. The van der Waals surface area contributed by atoms with E-state index < -0.39 is 0 Å². The van der Waals surface area contributed by atoms with Crippen molar-refractivity contribution in [2.75, 3.05) is 5.32 Å². The Balaban J connectivity index is 1.46. The summed E-state index contributed by atoms with van der Waals surface area (Å²) in [5, 5.41) is 26.8. The van der Waals surface area contributed by atoms with Crippen LogP contribution in [-0.4, -0.2) is 36.1 Å².